The number of fused-ring (bicyclic) bond motifs is 1. The Morgan fingerprint density at radius 1 is 1.33 bits per heavy atom. The number of nitrogens with one attached hydrogen (secondary N) is 1. The van der Waals surface area contributed by atoms with Crippen LogP contribution in [0.4, 0.5) is 0 Å². The minimum Gasteiger partial charge on any atom is -0.351 e. The fourth-order valence-corrected chi connectivity index (χ4v) is 3.89. The lowest BCUT2D eigenvalue weighted by Crippen LogP contribution is -2.26. The van der Waals surface area contributed by atoms with E-state index in [0.29, 0.717) is 21.9 Å². The standard InChI is InChI=1S/C17H17N3O2S2/c1-11-5-3-4-6-12(11)9-18-14(21)10-24-17-19-13-7-8-23-15(13)16(22)20(17)2/h3-8H,9-10H2,1-2H3,(H,18,21). The van der Waals surface area contributed by atoms with Crippen molar-refractivity contribution in [2.24, 2.45) is 7.05 Å². The zero-order valence-electron chi connectivity index (χ0n) is 13.4. The molecule has 0 bridgehead atoms. The Bertz CT molecular complexity index is 946. The maximum atomic E-state index is 12.2. The summed E-state index contributed by atoms with van der Waals surface area (Å²) < 4.78 is 2.14. The molecule has 1 amide bonds. The fourth-order valence-electron chi connectivity index (χ4n) is 2.28. The topological polar surface area (TPSA) is 64.0 Å². The van der Waals surface area contributed by atoms with Crippen LogP contribution in [0.1, 0.15) is 11.1 Å². The molecule has 0 fully saturated rings. The van der Waals surface area contributed by atoms with Gasteiger partial charge in [-0.2, -0.15) is 0 Å². The molecular weight excluding hydrogens is 342 g/mol. The van der Waals surface area contributed by atoms with Gasteiger partial charge in [-0.1, -0.05) is 36.0 Å². The highest BCUT2D eigenvalue weighted by Crippen LogP contribution is 2.20. The van der Waals surface area contributed by atoms with Crippen LogP contribution >= 0.6 is 23.1 Å². The highest BCUT2D eigenvalue weighted by molar-refractivity contribution is 7.99. The largest absolute Gasteiger partial charge is 0.351 e. The molecular formula is C17H17N3O2S2. The summed E-state index contributed by atoms with van der Waals surface area (Å²) in [7, 11) is 1.68. The summed E-state index contributed by atoms with van der Waals surface area (Å²) in [4.78, 5) is 28.7. The molecule has 0 aliphatic heterocycles. The van der Waals surface area contributed by atoms with E-state index in [1.165, 1.54) is 27.7 Å². The van der Waals surface area contributed by atoms with Crippen molar-refractivity contribution < 1.29 is 4.79 Å². The fraction of sp³-hybridized carbons (Fsp3) is 0.235. The molecule has 0 aliphatic rings. The predicted molar refractivity (Wildman–Crippen MR) is 98.6 cm³/mol. The van der Waals surface area contributed by atoms with Gasteiger partial charge in [-0.15, -0.1) is 11.3 Å². The molecule has 0 atom stereocenters. The van der Waals surface area contributed by atoms with Gasteiger partial charge in [0.1, 0.15) is 4.70 Å². The molecule has 5 nitrogen and oxygen atoms in total. The van der Waals surface area contributed by atoms with Gasteiger partial charge in [0.25, 0.3) is 5.56 Å². The first-order valence-corrected chi connectivity index (χ1v) is 9.31. The molecule has 1 aromatic carbocycles. The number of thiophene rings is 1. The number of thioether (sulfide) groups is 1. The van der Waals surface area contributed by atoms with Crippen LogP contribution < -0.4 is 10.9 Å². The number of hydrogen-bond acceptors (Lipinski definition) is 5. The lowest BCUT2D eigenvalue weighted by atomic mass is 10.1. The van der Waals surface area contributed by atoms with E-state index in [-0.39, 0.29) is 17.2 Å². The zero-order chi connectivity index (χ0) is 17.1. The van der Waals surface area contributed by atoms with Gasteiger partial charge in [-0.05, 0) is 29.5 Å². The number of amides is 1. The lowest BCUT2D eigenvalue weighted by Gasteiger charge is -2.09. The normalized spacial score (nSPS) is 10.9. The first kappa shape index (κ1) is 16.7. The summed E-state index contributed by atoms with van der Waals surface area (Å²) in [5.41, 5.74) is 2.86. The van der Waals surface area contributed by atoms with Gasteiger partial charge in [0.05, 0.1) is 11.3 Å². The summed E-state index contributed by atoms with van der Waals surface area (Å²) in [6, 6.07) is 9.77. The molecule has 0 spiro atoms. The molecule has 0 saturated heterocycles. The number of aromatic nitrogens is 2. The van der Waals surface area contributed by atoms with E-state index in [2.05, 4.69) is 10.3 Å². The quantitative estimate of drug-likeness (QED) is 0.562. The third-order valence-corrected chi connectivity index (χ3v) is 5.64. The number of nitrogens with zero attached hydrogens (tertiary/aromatic N) is 2. The predicted octanol–water partition coefficient (Wildman–Crippen LogP) is 2.71. The Labute approximate surface area is 147 Å². The van der Waals surface area contributed by atoms with E-state index in [0.717, 1.165) is 11.1 Å². The lowest BCUT2D eigenvalue weighted by molar-refractivity contribution is -0.118. The van der Waals surface area contributed by atoms with Gasteiger partial charge in [-0.25, -0.2) is 4.98 Å². The second-order valence-corrected chi connectivity index (χ2v) is 7.24. The number of carbonyl (C=O) groups is 1. The van der Waals surface area contributed by atoms with Gasteiger partial charge in [0.2, 0.25) is 5.91 Å². The number of carbonyl (C=O) groups excluding carboxylic acids is 1. The van der Waals surface area contributed by atoms with E-state index < -0.39 is 0 Å². The average Bonchev–Trinajstić information content (AvgIpc) is 3.04. The SMILES string of the molecule is Cc1ccccc1CNC(=O)CSc1nc2ccsc2c(=O)n1C. The van der Waals surface area contributed by atoms with Crippen LogP contribution in [0, 0.1) is 6.92 Å². The van der Waals surface area contributed by atoms with Crippen molar-refractivity contribution in [1.29, 1.82) is 0 Å². The second kappa shape index (κ2) is 7.19. The van der Waals surface area contributed by atoms with Gasteiger partial charge in [-0.3, -0.25) is 14.2 Å². The van der Waals surface area contributed by atoms with Gasteiger partial charge < -0.3 is 5.32 Å². The van der Waals surface area contributed by atoms with Crippen molar-refractivity contribution in [2.75, 3.05) is 5.75 Å². The van der Waals surface area contributed by atoms with Crippen molar-refractivity contribution in [1.82, 2.24) is 14.9 Å². The molecule has 7 heteroatoms. The molecule has 3 rings (SSSR count). The minimum absolute atomic E-state index is 0.0715. The summed E-state index contributed by atoms with van der Waals surface area (Å²) in [5, 5.41) is 5.31. The Balaban J connectivity index is 1.63. The number of rotatable bonds is 5. The molecule has 2 heterocycles. The maximum Gasteiger partial charge on any atom is 0.271 e. The minimum atomic E-state index is -0.0806. The summed E-state index contributed by atoms with van der Waals surface area (Å²) in [6.07, 6.45) is 0. The number of hydrogen-bond donors (Lipinski definition) is 1. The van der Waals surface area contributed by atoms with Gasteiger partial charge >= 0.3 is 0 Å². The zero-order valence-corrected chi connectivity index (χ0v) is 15.0. The molecule has 124 valence electrons. The molecule has 0 radical (unpaired) electrons. The average molecular weight is 359 g/mol. The van der Waals surface area contributed by atoms with Crippen molar-refractivity contribution in [3.8, 4) is 0 Å². The molecule has 0 aliphatic carbocycles. The molecule has 0 saturated carbocycles. The van der Waals surface area contributed by atoms with E-state index >= 15 is 0 Å². The molecule has 2 aromatic heterocycles. The maximum absolute atomic E-state index is 12.2. The van der Waals surface area contributed by atoms with E-state index in [9.17, 15) is 9.59 Å². The van der Waals surface area contributed by atoms with Crippen molar-refractivity contribution in [3.63, 3.8) is 0 Å². The Morgan fingerprint density at radius 2 is 2.12 bits per heavy atom. The highest BCUT2D eigenvalue weighted by atomic mass is 32.2. The molecule has 24 heavy (non-hydrogen) atoms. The number of benzene rings is 1. The second-order valence-electron chi connectivity index (χ2n) is 5.39. The van der Waals surface area contributed by atoms with Crippen LogP contribution in [0.2, 0.25) is 0 Å². The van der Waals surface area contributed by atoms with Crippen molar-refractivity contribution >= 4 is 39.2 Å². The van der Waals surface area contributed by atoms with Crippen molar-refractivity contribution in [3.05, 3.63) is 57.2 Å². The third-order valence-electron chi connectivity index (χ3n) is 3.72. The van der Waals surface area contributed by atoms with Crippen LogP contribution in [0.25, 0.3) is 10.2 Å². The summed E-state index contributed by atoms with van der Waals surface area (Å²) in [6.45, 7) is 2.52. The smallest absolute Gasteiger partial charge is 0.271 e. The molecule has 1 N–H and O–H groups in total. The Kier molecular flexibility index (Phi) is 5.01. The summed E-state index contributed by atoms with van der Waals surface area (Å²) in [5.74, 6) is 0.143. The van der Waals surface area contributed by atoms with E-state index in [4.69, 9.17) is 0 Å². The van der Waals surface area contributed by atoms with Crippen LogP contribution in [0.5, 0.6) is 0 Å². The molecule has 3 aromatic rings. The van der Waals surface area contributed by atoms with Crippen LogP contribution in [0.15, 0.2) is 45.7 Å². The van der Waals surface area contributed by atoms with E-state index in [1.807, 2.05) is 42.6 Å². The van der Waals surface area contributed by atoms with Crippen LogP contribution in [-0.4, -0.2) is 21.2 Å². The third kappa shape index (κ3) is 3.52. The Morgan fingerprint density at radius 3 is 2.92 bits per heavy atom. The molecule has 0 unspecified atom stereocenters. The first-order valence-electron chi connectivity index (χ1n) is 7.44. The summed E-state index contributed by atoms with van der Waals surface area (Å²) >= 11 is 2.66. The highest BCUT2D eigenvalue weighted by Gasteiger charge is 2.11. The van der Waals surface area contributed by atoms with Crippen LogP contribution in [0.3, 0.4) is 0 Å². The monoisotopic (exact) mass is 359 g/mol. The van der Waals surface area contributed by atoms with Gasteiger partial charge in [0.15, 0.2) is 5.16 Å². The Hall–Kier alpha value is -2.12. The number of aryl methyl sites for hydroxylation is 1. The first-order chi connectivity index (χ1) is 11.6. The van der Waals surface area contributed by atoms with E-state index in [1.54, 1.807) is 7.05 Å². The van der Waals surface area contributed by atoms with Crippen molar-refractivity contribution in [2.45, 2.75) is 18.6 Å². The van der Waals surface area contributed by atoms with Crippen LogP contribution in [-0.2, 0) is 18.4 Å². The van der Waals surface area contributed by atoms with Gasteiger partial charge in [0, 0.05) is 13.6 Å².